The van der Waals surface area contributed by atoms with Crippen molar-refractivity contribution >= 4 is 5.91 Å². The Morgan fingerprint density at radius 3 is 1.15 bits per heavy atom. The van der Waals surface area contributed by atoms with E-state index in [4.69, 9.17) is 0 Å². The number of hydrogen-bond acceptors (Lipinski definition) is 3. The summed E-state index contributed by atoms with van der Waals surface area (Å²) >= 11 is 0. The van der Waals surface area contributed by atoms with Crippen molar-refractivity contribution in [2.45, 2.75) is 257 Å². The second kappa shape index (κ2) is 40.6. The highest BCUT2D eigenvalue weighted by atomic mass is 16.3. The number of rotatable bonds is 40. The number of aliphatic hydroxyl groups excluding tert-OH is 2. The van der Waals surface area contributed by atoms with Gasteiger partial charge in [-0.25, -0.2) is 0 Å². The summed E-state index contributed by atoms with van der Waals surface area (Å²) < 4.78 is 0. The molecule has 48 heavy (non-hydrogen) atoms. The number of amides is 1. The molecule has 0 spiro atoms. The first-order valence-corrected chi connectivity index (χ1v) is 21.9. The number of hydrogen-bond donors (Lipinski definition) is 3. The monoisotopic (exact) mass is 678 g/mol. The quantitative estimate of drug-likeness (QED) is 0.0446. The smallest absolute Gasteiger partial charge is 0.220 e. The van der Waals surface area contributed by atoms with Gasteiger partial charge in [-0.3, -0.25) is 4.79 Å². The largest absolute Gasteiger partial charge is 0.394 e. The van der Waals surface area contributed by atoms with Crippen LogP contribution in [0.5, 0.6) is 0 Å². The van der Waals surface area contributed by atoms with Crippen molar-refractivity contribution in [1.82, 2.24) is 5.32 Å². The Bertz CT molecular complexity index is 651. The fourth-order valence-corrected chi connectivity index (χ4v) is 6.89. The molecule has 0 radical (unpaired) electrons. The molecular weight excluding hydrogens is 590 g/mol. The van der Waals surface area contributed by atoms with Gasteiger partial charge >= 0.3 is 0 Å². The van der Waals surface area contributed by atoms with Crippen LogP contribution in [-0.2, 0) is 4.79 Å². The van der Waals surface area contributed by atoms with Crippen molar-refractivity contribution in [1.29, 1.82) is 0 Å². The van der Waals surface area contributed by atoms with Crippen LogP contribution >= 0.6 is 0 Å². The van der Waals surface area contributed by atoms with Crippen LogP contribution in [0, 0.1) is 0 Å². The summed E-state index contributed by atoms with van der Waals surface area (Å²) in [6.45, 7) is 4.36. The summed E-state index contributed by atoms with van der Waals surface area (Å²) in [4.78, 5) is 12.4. The first-order chi connectivity index (χ1) is 23.7. The molecule has 0 aromatic heterocycles. The summed E-state index contributed by atoms with van der Waals surface area (Å²) in [6.07, 6.45) is 50.1. The second-order valence-corrected chi connectivity index (χ2v) is 15.1. The number of nitrogens with one attached hydrogen (secondary N) is 1. The van der Waals surface area contributed by atoms with Crippen LogP contribution in [0.2, 0.25) is 0 Å². The molecule has 0 rings (SSSR count). The molecule has 0 saturated carbocycles. The maximum atomic E-state index is 12.4. The van der Waals surface area contributed by atoms with Crippen molar-refractivity contribution in [3.63, 3.8) is 0 Å². The Hall–Kier alpha value is -0.870. The predicted octanol–water partition coefficient (Wildman–Crippen LogP) is 13.5. The molecule has 286 valence electrons. The second-order valence-electron chi connectivity index (χ2n) is 15.1. The van der Waals surface area contributed by atoms with Crippen LogP contribution in [0.1, 0.15) is 245 Å². The molecule has 2 atom stereocenters. The Morgan fingerprint density at radius 2 is 0.792 bits per heavy atom. The predicted molar refractivity (Wildman–Crippen MR) is 212 cm³/mol. The third-order valence-corrected chi connectivity index (χ3v) is 10.3. The highest BCUT2D eigenvalue weighted by Gasteiger charge is 2.20. The van der Waals surface area contributed by atoms with E-state index < -0.39 is 12.1 Å². The first-order valence-electron chi connectivity index (χ1n) is 21.9. The maximum absolute atomic E-state index is 12.4. The molecule has 0 aliphatic carbocycles. The summed E-state index contributed by atoms with van der Waals surface area (Å²) in [7, 11) is 0. The molecule has 0 saturated heterocycles. The van der Waals surface area contributed by atoms with Crippen molar-refractivity contribution in [2.75, 3.05) is 6.61 Å². The number of unbranched alkanes of at least 4 members (excludes halogenated alkanes) is 31. The molecule has 0 aromatic rings. The van der Waals surface area contributed by atoms with Gasteiger partial charge in [-0.1, -0.05) is 212 Å². The molecule has 1 amide bonds. The van der Waals surface area contributed by atoms with Crippen LogP contribution in [0.15, 0.2) is 12.2 Å². The van der Waals surface area contributed by atoms with Crippen LogP contribution in [0.25, 0.3) is 0 Å². The standard InChI is InChI=1S/C44H87NO3/c1-3-5-7-9-11-13-15-16-17-18-19-20-21-22-23-24-25-26-27-28-30-32-34-36-38-40-44(48)45-42(41-46)43(47)39-37-35-33-31-29-14-12-10-8-6-4-2/h18-19,42-43,46-47H,3-17,20-41H2,1-2H3,(H,45,48)/b19-18-. The number of aliphatic hydroxyl groups is 2. The van der Waals surface area contributed by atoms with Gasteiger partial charge in [0.1, 0.15) is 0 Å². The fraction of sp³-hybridized carbons (Fsp3) is 0.932. The Morgan fingerprint density at radius 1 is 0.479 bits per heavy atom. The van der Waals surface area contributed by atoms with Gasteiger partial charge in [-0.2, -0.15) is 0 Å². The number of allylic oxidation sites excluding steroid dienone is 2. The summed E-state index contributed by atoms with van der Waals surface area (Å²) in [5.41, 5.74) is 0. The summed E-state index contributed by atoms with van der Waals surface area (Å²) in [5.74, 6) is -0.0300. The van der Waals surface area contributed by atoms with E-state index in [2.05, 4.69) is 31.3 Å². The topological polar surface area (TPSA) is 69.6 Å². The van der Waals surface area contributed by atoms with Gasteiger partial charge < -0.3 is 15.5 Å². The van der Waals surface area contributed by atoms with E-state index in [-0.39, 0.29) is 12.5 Å². The zero-order valence-corrected chi connectivity index (χ0v) is 32.8. The van der Waals surface area contributed by atoms with E-state index in [0.29, 0.717) is 12.8 Å². The van der Waals surface area contributed by atoms with Gasteiger partial charge in [0.05, 0.1) is 18.8 Å². The van der Waals surface area contributed by atoms with Crippen molar-refractivity contribution in [2.24, 2.45) is 0 Å². The third-order valence-electron chi connectivity index (χ3n) is 10.3. The van der Waals surface area contributed by atoms with Crippen LogP contribution in [0.3, 0.4) is 0 Å². The molecule has 4 heteroatoms. The molecule has 0 bridgehead atoms. The molecular formula is C44H87NO3. The van der Waals surface area contributed by atoms with Crippen LogP contribution in [-0.4, -0.2) is 34.9 Å². The number of carbonyl (C=O) groups is 1. The lowest BCUT2D eigenvalue weighted by atomic mass is 10.0. The van der Waals surface area contributed by atoms with Crippen molar-refractivity contribution in [3.8, 4) is 0 Å². The Kier molecular flexibility index (Phi) is 39.8. The van der Waals surface area contributed by atoms with Gasteiger partial charge in [0.15, 0.2) is 0 Å². The lowest BCUT2D eigenvalue weighted by Gasteiger charge is -2.22. The Labute approximate surface area is 301 Å². The van der Waals surface area contributed by atoms with Gasteiger partial charge in [0.25, 0.3) is 0 Å². The molecule has 3 N–H and O–H groups in total. The van der Waals surface area contributed by atoms with E-state index in [1.54, 1.807) is 0 Å². The summed E-state index contributed by atoms with van der Waals surface area (Å²) in [6, 6.07) is -0.531. The molecule has 0 aromatic carbocycles. The zero-order chi connectivity index (χ0) is 35.0. The lowest BCUT2D eigenvalue weighted by molar-refractivity contribution is -0.123. The normalized spacial score (nSPS) is 13.0. The zero-order valence-electron chi connectivity index (χ0n) is 32.8. The van der Waals surface area contributed by atoms with E-state index in [1.165, 1.54) is 193 Å². The van der Waals surface area contributed by atoms with E-state index in [1.807, 2.05) is 0 Å². The van der Waals surface area contributed by atoms with Gasteiger partial charge in [-0.15, -0.1) is 0 Å². The average Bonchev–Trinajstić information content (AvgIpc) is 3.09. The maximum Gasteiger partial charge on any atom is 0.220 e. The molecule has 0 heterocycles. The number of carbonyl (C=O) groups excluding carboxylic acids is 1. The first kappa shape index (κ1) is 47.1. The van der Waals surface area contributed by atoms with E-state index >= 15 is 0 Å². The van der Waals surface area contributed by atoms with Crippen molar-refractivity contribution < 1.29 is 15.0 Å². The minimum Gasteiger partial charge on any atom is -0.394 e. The minimum absolute atomic E-state index is 0.0300. The molecule has 2 unspecified atom stereocenters. The van der Waals surface area contributed by atoms with Gasteiger partial charge in [0, 0.05) is 6.42 Å². The fourth-order valence-electron chi connectivity index (χ4n) is 6.89. The highest BCUT2D eigenvalue weighted by Crippen LogP contribution is 2.16. The summed E-state index contributed by atoms with van der Waals surface area (Å²) in [5, 5.41) is 23.1. The Balaban J connectivity index is 3.44. The lowest BCUT2D eigenvalue weighted by Crippen LogP contribution is -2.45. The van der Waals surface area contributed by atoms with Crippen LogP contribution < -0.4 is 5.32 Å². The third kappa shape index (κ3) is 36.4. The van der Waals surface area contributed by atoms with Crippen molar-refractivity contribution in [3.05, 3.63) is 12.2 Å². The van der Waals surface area contributed by atoms with Gasteiger partial charge in [0.2, 0.25) is 5.91 Å². The van der Waals surface area contributed by atoms with Crippen LogP contribution in [0.4, 0.5) is 0 Å². The SMILES string of the molecule is CCCCCCCCCC/C=C\CCCCCCCCCCCCCCCC(=O)NC(CO)C(O)CCCCCCCCCCCCC. The van der Waals surface area contributed by atoms with E-state index in [9.17, 15) is 15.0 Å². The molecule has 0 fully saturated rings. The minimum atomic E-state index is -0.654. The highest BCUT2D eigenvalue weighted by molar-refractivity contribution is 5.76. The van der Waals surface area contributed by atoms with E-state index in [0.717, 1.165) is 25.7 Å². The average molecular weight is 678 g/mol. The molecule has 0 aliphatic rings. The van der Waals surface area contributed by atoms with Gasteiger partial charge in [-0.05, 0) is 38.5 Å². The molecule has 0 aliphatic heterocycles. The molecule has 4 nitrogen and oxygen atoms in total.